The highest BCUT2D eigenvalue weighted by Gasteiger charge is 2.60. The lowest BCUT2D eigenvalue weighted by atomic mass is 9.46. The molecule has 0 radical (unpaired) electrons. The quantitative estimate of drug-likeness (QED) is 0.581. The average molecular weight is 272 g/mol. The van der Waals surface area contributed by atoms with Gasteiger partial charge < -0.3 is 0 Å². The number of carbonyl (C=O) groups excluding carboxylic acids is 1. The average Bonchev–Trinajstić information content (AvgIpc) is 2.78. The second-order valence-electron chi connectivity index (χ2n) is 8.63. The van der Waals surface area contributed by atoms with Crippen LogP contribution < -0.4 is 0 Å². The van der Waals surface area contributed by atoms with E-state index in [1.807, 2.05) is 0 Å². The number of fused-ring (bicyclic) bond motifs is 5. The Morgan fingerprint density at radius 2 is 2.00 bits per heavy atom. The Bertz CT molecular complexity index is 464. The third kappa shape index (κ3) is 1.58. The Labute approximate surface area is 123 Å². The molecule has 1 heteroatoms. The van der Waals surface area contributed by atoms with Crippen molar-refractivity contribution in [3.63, 3.8) is 0 Å². The smallest absolute Gasteiger partial charge is 0.137 e. The van der Waals surface area contributed by atoms with Crippen molar-refractivity contribution >= 4 is 5.78 Å². The Morgan fingerprint density at radius 1 is 1.15 bits per heavy atom. The van der Waals surface area contributed by atoms with Gasteiger partial charge in [0.15, 0.2) is 0 Å². The number of allylic oxidation sites excluding steroid dienone is 2. The predicted molar refractivity (Wildman–Crippen MR) is 81.3 cm³/mol. The topological polar surface area (TPSA) is 17.1 Å². The van der Waals surface area contributed by atoms with E-state index in [-0.39, 0.29) is 5.41 Å². The molecule has 4 rings (SSSR count). The van der Waals surface area contributed by atoms with Crippen molar-refractivity contribution in [1.82, 2.24) is 0 Å². The molecule has 4 aliphatic rings. The van der Waals surface area contributed by atoms with Crippen molar-refractivity contribution in [3.8, 4) is 0 Å². The minimum absolute atomic E-state index is 0.276. The first-order valence-electron chi connectivity index (χ1n) is 8.72. The summed E-state index contributed by atoms with van der Waals surface area (Å²) in [5, 5.41) is 0. The first kappa shape index (κ1) is 13.1. The zero-order valence-electron chi connectivity index (χ0n) is 13.0. The lowest BCUT2D eigenvalue weighted by Crippen LogP contribution is -2.55. The van der Waals surface area contributed by atoms with Crippen LogP contribution in [-0.2, 0) is 4.79 Å². The van der Waals surface area contributed by atoms with Crippen LogP contribution in [0.15, 0.2) is 12.2 Å². The van der Waals surface area contributed by atoms with E-state index in [9.17, 15) is 4.79 Å². The summed E-state index contributed by atoms with van der Waals surface area (Å²) in [7, 11) is 0. The summed E-state index contributed by atoms with van der Waals surface area (Å²) in [5.74, 6) is 3.31. The molecule has 6 atom stereocenters. The van der Waals surface area contributed by atoms with Gasteiger partial charge in [0.2, 0.25) is 0 Å². The minimum atomic E-state index is 0.276. The van der Waals surface area contributed by atoms with Gasteiger partial charge in [-0.15, -0.1) is 0 Å². The van der Waals surface area contributed by atoms with Crippen molar-refractivity contribution in [2.24, 2.45) is 34.5 Å². The highest BCUT2D eigenvalue weighted by molar-refractivity contribution is 5.84. The zero-order chi connectivity index (χ0) is 14.0. The Morgan fingerprint density at radius 3 is 2.85 bits per heavy atom. The van der Waals surface area contributed by atoms with Crippen LogP contribution in [0.4, 0.5) is 0 Å². The molecule has 3 fully saturated rings. The van der Waals surface area contributed by atoms with Crippen molar-refractivity contribution in [1.29, 1.82) is 0 Å². The predicted octanol–water partition coefficient (Wildman–Crippen LogP) is 4.76. The van der Waals surface area contributed by atoms with Gasteiger partial charge in [-0.05, 0) is 67.1 Å². The number of hydrogen-bond acceptors (Lipinski definition) is 1. The normalized spacial score (nSPS) is 54.2. The first-order valence-corrected chi connectivity index (χ1v) is 8.72. The van der Waals surface area contributed by atoms with Crippen molar-refractivity contribution in [2.45, 2.75) is 65.2 Å². The molecule has 110 valence electrons. The summed E-state index contributed by atoms with van der Waals surface area (Å²) in [6.07, 6.45) is 14.7. The third-order valence-corrected chi connectivity index (χ3v) is 7.66. The van der Waals surface area contributed by atoms with E-state index in [2.05, 4.69) is 26.0 Å². The summed E-state index contributed by atoms with van der Waals surface area (Å²) >= 11 is 0. The zero-order valence-corrected chi connectivity index (χ0v) is 13.0. The molecule has 0 N–H and O–H groups in total. The molecule has 0 aromatic rings. The van der Waals surface area contributed by atoms with Gasteiger partial charge in [-0.2, -0.15) is 0 Å². The number of rotatable bonds is 0. The molecule has 0 unspecified atom stereocenters. The van der Waals surface area contributed by atoms with Gasteiger partial charge in [0, 0.05) is 12.3 Å². The third-order valence-electron chi connectivity index (χ3n) is 7.66. The molecular formula is C19H28O. The Hall–Kier alpha value is -0.590. The number of Topliss-reactive ketones (excluding diaryl/α,β-unsaturated/α-hetero) is 1. The molecule has 0 aromatic carbocycles. The van der Waals surface area contributed by atoms with Crippen LogP contribution in [0.1, 0.15) is 65.2 Å². The summed E-state index contributed by atoms with van der Waals surface area (Å²) in [4.78, 5) is 13.0. The minimum Gasteiger partial charge on any atom is -0.299 e. The first-order chi connectivity index (χ1) is 9.55. The second-order valence-corrected chi connectivity index (χ2v) is 8.63. The van der Waals surface area contributed by atoms with Crippen LogP contribution in [0.5, 0.6) is 0 Å². The van der Waals surface area contributed by atoms with Crippen LogP contribution in [-0.4, -0.2) is 5.78 Å². The fourth-order valence-electron chi connectivity index (χ4n) is 6.67. The number of hydrogen-bond donors (Lipinski definition) is 0. The molecule has 0 aromatic heterocycles. The highest BCUT2D eigenvalue weighted by atomic mass is 16.1. The highest BCUT2D eigenvalue weighted by Crippen LogP contribution is 2.64. The summed E-state index contributed by atoms with van der Waals surface area (Å²) in [6.45, 7) is 4.85. The van der Waals surface area contributed by atoms with Crippen LogP contribution in [0.2, 0.25) is 0 Å². The maximum atomic E-state index is 13.0. The number of carbonyl (C=O) groups is 1. The van der Waals surface area contributed by atoms with E-state index in [1.165, 1.54) is 38.5 Å². The maximum Gasteiger partial charge on any atom is 0.137 e. The molecular weight excluding hydrogens is 244 g/mol. The summed E-state index contributed by atoms with van der Waals surface area (Å²) in [6, 6.07) is 0. The Kier molecular flexibility index (Phi) is 2.76. The summed E-state index contributed by atoms with van der Waals surface area (Å²) < 4.78 is 0. The molecule has 0 spiro atoms. The van der Waals surface area contributed by atoms with Gasteiger partial charge in [-0.1, -0.05) is 32.4 Å². The van der Waals surface area contributed by atoms with Gasteiger partial charge >= 0.3 is 0 Å². The molecule has 0 aliphatic heterocycles. The molecule has 0 bridgehead atoms. The van der Waals surface area contributed by atoms with E-state index in [1.54, 1.807) is 0 Å². The van der Waals surface area contributed by atoms with Crippen molar-refractivity contribution < 1.29 is 4.79 Å². The molecule has 20 heavy (non-hydrogen) atoms. The van der Waals surface area contributed by atoms with E-state index in [0.717, 1.165) is 24.7 Å². The van der Waals surface area contributed by atoms with Gasteiger partial charge in [-0.25, -0.2) is 0 Å². The van der Waals surface area contributed by atoms with E-state index in [0.29, 0.717) is 23.0 Å². The van der Waals surface area contributed by atoms with E-state index in [4.69, 9.17) is 0 Å². The van der Waals surface area contributed by atoms with Gasteiger partial charge in [0.05, 0.1) is 0 Å². The largest absolute Gasteiger partial charge is 0.299 e. The lowest BCUT2D eigenvalue weighted by Gasteiger charge is -2.58. The molecule has 1 nitrogen and oxygen atoms in total. The Balaban J connectivity index is 1.73. The van der Waals surface area contributed by atoms with Crippen molar-refractivity contribution in [2.75, 3.05) is 0 Å². The van der Waals surface area contributed by atoms with Gasteiger partial charge in [0.25, 0.3) is 0 Å². The molecule has 4 aliphatic carbocycles. The van der Waals surface area contributed by atoms with Crippen LogP contribution >= 0.6 is 0 Å². The monoisotopic (exact) mass is 272 g/mol. The van der Waals surface area contributed by atoms with Crippen molar-refractivity contribution in [3.05, 3.63) is 12.2 Å². The fourth-order valence-corrected chi connectivity index (χ4v) is 6.67. The van der Waals surface area contributed by atoms with Gasteiger partial charge in [-0.3, -0.25) is 4.79 Å². The fraction of sp³-hybridized carbons (Fsp3) is 0.842. The molecule has 3 saturated carbocycles. The van der Waals surface area contributed by atoms with Crippen LogP contribution in [0, 0.1) is 34.5 Å². The molecule has 0 heterocycles. The van der Waals surface area contributed by atoms with E-state index < -0.39 is 0 Å². The van der Waals surface area contributed by atoms with Crippen LogP contribution in [0.3, 0.4) is 0 Å². The van der Waals surface area contributed by atoms with Crippen LogP contribution in [0.25, 0.3) is 0 Å². The summed E-state index contributed by atoms with van der Waals surface area (Å²) in [5.41, 5.74) is 0.630. The van der Waals surface area contributed by atoms with E-state index >= 15 is 0 Å². The second kappa shape index (κ2) is 4.21. The van der Waals surface area contributed by atoms with Gasteiger partial charge in [0.1, 0.15) is 5.78 Å². The standard InChI is InChI=1S/C19H28O/c1-18-10-5-7-15(18)14-9-8-13-6-3-4-11-19(13,2)17(14)16(20)12-18/h3-4,13-15,17H,5-12H2,1-2H3/t13-,14+,15+,17-,18+,19+/m1/s1. The SMILES string of the molecule is C[C@@]12CCC[C@H]1[C@@H]1CC[C@H]3CC=CC[C@]3(C)[C@H]1C(=O)C2. The number of ketones is 1. The lowest BCUT2D eigenvalue weighted by molar-refractivity contribution is -0.151. The molecule has 0 saturated heterocycles. The maximum absolute atomic E-state index is 13.0. The molecule has 0 amide bonds.